The molecule has 24 heavy (non-hydrogen) atoms. The highest BCUT2D eigenvalue weighted by molar-refractivity contribution is 9.10. The number of aromatic nitrogens is 1. The van der Waals surface area contributed by atoms with E-state index < -0.39 is 40.1 Å². The van der Waals surface area contributed by atoms with Crippen molar-refractivity contribution in [3.8, 4) is 0 Å². The van der Waals surface area contributed by atoms with E-state index in [2.05, 4.69) is 21.2 Å². The second kappa shape index (κ2) is 7.04. The molecule has 2 rings (SSSR count). The third-order valence-corrected chi connectivity index (χ3v) is 3.52. The first-order valence-electron chi connectivity index (χ1n) is 6.52. The second-order valence-corrected chi connectivity index (χ2v) is 5.64. The number of nitrogens with zero attached hydrogens (tertiary/aromatic N) is 2. The Labute approximate surface area is 143 Å². The van der Waals surface area contributed by atoms with Gasteiger partial charge in [0.1, 0.15) is 12.1 Å². The predicted molar refractivity (Wildman–Crippen MR) is 88.6 cm³/mol. The van der Waals surface area contributed by atoms with Crippen LogP contribution in [0.25, 0.3) is 0 Å². The topological polar surface area (TPSA) is 137 Å². The highest BCUT2D eigenvalue weighted by atomic mass is 79.9. The minimum absolute atomic E-state index is 0.483. The molecule has 2 amide bonds. The lowest BCUT2D eigenvalue weighted by atomic mass is 10.2. The molecule has 2 aromatic rings. The fourth-order valence-corrected chi connectivity index (χ4v) is 2.17. The Balaban J connectivity index is 2.29. The van der Waals surface area contributed by atoms with Gasteiger partial charge in [0.05, 0.1) is 11.1 Å². The fourth-order valence-electron chi connectivity index (χ4n) is 1.90. The number of rotatable bonds is 5. The van der Waals surface area contributed by atoms with Gasteiger partial charge in [0.2, 0.25) is 5.91 Å². The lowest BCUT2D eigenvalue weighted by Crippen LogP contribution is -2.33. The monoisotopic (exact) mass is 394 g/mol. The molecule has 0 radical (unpaired) electrons. The van der Waals surface area contributed by atoms with Crippen LogP contribution in [0, 0.1) is 10.1 Å². The van der Waals surface area contributed by atoms with Crippen molar-refractivity contribution in [2.75, 3.05) is 5.32 Å². The first-order chi connectivity index (χ1) is 11.3. The smallest absolute Gasteiger partial charge is 0.286 e. The van der Waals surface area contributed by atoms with Crippen molar-refractivity contribution >= 4 is 39.1 Å². The highest BCUT2D eigenvalue weighted by Crippen LogP contribution is 2.14. The van der Waals surface area contributed by atoms with Crippen LogP contribution >= 0.6 is 15.9 Å². The van der Waals surface area contributed by atoms with Gasteiger partial charge in [0, 0.05) is 16.2 Å². The number of pyridine rings is 1. The van der Waals surface area contributed by atoms with E-state index in [0.29, 0.717) is 5.69 Å². The van der Waals surface area contributed by atoms with Gasteiger partial charge in [-0.3, -0.25) is 29.1 Å². The number of primary amides is 1. The first-order valence-corrected chi connectivity index (χ1v) is 7.31. The number of benzene rings is 1. The Kier molecular flexibility index (Phi) is 5.09. The maximum atomic E-state index is 12.1. The zero-order chi connectivity index (χ0) is 17.9. The molecule has 0 saturated carbocycles. The van der Waals surface area contributed by atoms with Crippen molar-refractivity contribution in [2.24, 2.45) is 5.73 Å². The van der Waals surface area contributed by atoms with E-state index in [9.17, 15) is 24.5 Å². The Morgan fingerprint density at radius 1 is 1.29 bits per heavy atom. The SMILES string of the molecule is NC(=O)c1cc([N+](=O)[O-])cn(CC(=O)Nc2ccc(Br)cc2)c1=O. The highest BCUT2D eigenvalue weighted by Gasteiger charge is 2.18. The molecule has 124 valence electrons. The Morgan fingerprint density at radius 3 is 2.46 bits per heavy atom. The number of halogens is 1. The van der Waals surface area contributed by atoms with Gasteiger partial charge in [-0.15, -0.1) is 0 Å². The lowest BCUT2D eigenvalue weighted by Gasteiger charge is -2.08. The summed E-state index contributed by atoms with van der Waals surface area (Å²) in [4.78, 5) is 45.4. The van der Waals surface area contributed by atoms with Gasteiger partial charge in [0.15, 0.2) is 0 Å². The number of carbonyl (C=O) groups is 2. The van der Waals surface area contributed by atoms with Crippen LogP contribution in [0.2, 0.25) is 0 Å². The van der Waals surface area contributed by atoms with E-state index >= 15 is 0 Å². The fraction of sp³-hybridized carbons (Fsp3) is 0.0714. The molecule has 0 fully saturated rings. The number of nitro groups is 1. The summed E-state index contributed by atoms with van der Waals surface area (Å²) in [5.41, 5.74) is 3.58. The molecule has 0 aliphatic rings. The molecule has 0 atom stereocenters. The van der Waals surface area contributed by atoms with Crippen molar-refractivity contribution in [1.82, 2.24) is 4.57 Å². The minimum atomic E-state index is -1.11. The molecule has 0 spiro atoms. The van der Waals surface area contributed by atoms with Crippen LogP contribution in [0.4, 0.5) is 11.4 Å². The predicted octanol–water partition coefficient (Wildman–Crippen LogP) is 1.26. The molecule has 3 N–H and O–H groups in total. The van der Waals surface area contributed by atoms with Crippen LogP contribution in [0.3, 0.4) is 0 Å². The van der Waals surface area contributed by atoms with E-state index in [0.717, 1.165) is 21.3 Å². The maximum absolute atomic E-state index is 12.1. The summed E-state index contributed by atoms with van der Waals surface area (Å²) < 4.78 is 1.59. The van der Waals surface area contributed by atoms with Crippen LogP contribution in [-0.2, 0) is 11.3 Å². The number of nitrogens with one attached hydrogen (secondary N) is 1. The molecule has 0 aliphatic heterocycles. The van der Waals surface area contributed by atoms with E-state index in [-0.39, 0.29) is 0 Å². The summed E-state index contributed by atoms with van der Waals surface area (Å²) in [6.07, 6.45) is 0.885. The van der Waals surface area contributed by atoms with Crippen LogP contribution in [0.1, 0.15) is 10.4 Å². The van der Waals surface area contributed by atoms with Gasteiger partial charge in [-0.1, -0.05) is 15.9 Å². The van der Waals surface area contributed by atoms with Crippen molar-refractivity contribution in [2.45, 2.75) is 6.54 Å². The van der Waals surface area contributed by atoms with Gasteiger partial charge >= 0.3 is 0 Å². The van der Waals surface area contributed by atoms with Crippen molar-refractivity contribution in [3.05, 3.63) is 67.0 Å². The van der Waals surface area contributed by atoms with Crippen LogP contribution in [-0.4, -0.2) is 21.3 Å². The van der Waals surface area contributed by atoms with E-state index in [4.69, 9.17) is 5.73 Å². The Hall–Kier alpha value is -3.01. The Bertz CT molecular complexity index is 876. The summed E-state index contributed by atoms with van der Waals surface area (Å²) >= 11 is 3.25. The van der Waals surface area contributed by atoms with E-state index in [1.54, 1.807) is 24.3 Å². The summed E-state index contributed by atoms with van der Waals surface area (Å²) in [5, 5.41) is 13.4. The molecule has 1 aromatic carbocycles. The van der Waals surface area contributed by atoms with E-state index in [1.165, 1.54) is 0 Å². The number of nitrogens with two attached hydrogens (primary N) is 1. The standard InChI is InChI=1S/C14H11BrN4O5/c15-8-1-3-9(4-2-8)17-12(20)7-18-6-10(19(23)24)5-11(13(16)21)14(18)22/h1-6H,7H2,(H2,16,21)(H,17,20). The average Bonchev–Trinajstić information content (AvgIpc) is 2.51. The molecular weight excluding hydrogens is 384 g/mol. The number of amides is 2. The quantitative estimate of drug-likeness (QED) is 0.580. The minimum Gasteiger partial charge on any atom is -0.365 e. The van der Waals surface area contributed by atoms with Gasteiger partial charge in [-0.05, 0) is 24.3 Å². The average molecular weight is 395 g/mol. The van der Waals surface area contributed by atoms with Gasteiger partial charge in [-0.2, -0.15) is 0 Å². The first kappa shape index (κ1) is 17.3. The Morgan fingerprint density at radius 2 is 1.92 bits per heavy atom. The second-order valence-electron chi connectivity index (χ2n) is 4.72. The molecule has 0 unspecified atom stereocenters. The van der Waals surface area contributed by atoms with Crippen molar-refractivity contribution in [1.29, 1.82) is 0 Å². The van der Waals surface area contributed by atoms with Crippen LogP contribution in [0.5, 0.6) is 0 Å². The molecule has 10 heteroatoms. The molecule has 1 heterocycles. The summed E-state index contributed by atoms with van der Waals surface area (Å²) in [6.45, 7) is -0.503. The molecule has 0 bridgehead atoms. The largest absolute Gasteiger partial charge is 0.365 e. The van der Waals surface area contributed by atoms with Crippen LogP contribution < -0.4 is 16.6 Å². The lowest BCUT2D eigenvalue weighted by molar-refractivity contribution is -0.385. The summed E-state index contributed by atoms with van der Waals surface area (Å²) in [5.74, 6) is -1.69. The summed E-state index contributed by atoms with van der Waals surface area (Å²) in [6, 6.07) is 7.47. The number of hydrogen-bond donors (Lipinski definition) is 2. The maximum Gasteiger partial charge on any atom is 0.286 e. The zero-order valence-electron chi connectivity index (χ0n) is 12.1. The van der Waals surface area contributed by atoms with E-state index in [1.807, 2.05) is 0 Å². The van der Waals surface area contributed by atoms with Gasteiger partial charge in [0.25, 0.3) is 17.2 Å². The van der Waals surface area contributed by atoms with Crippen molar-refractivity contribution < 1.29 is 14.5 Å². The number of hydrogen-bond acceptors (Lipinski definition) is 5. The number of anilines is 1. The normalized spacial score (nSPS) is 10.2. The third-order valence-electron chi connectivity index (χ3n) is 2.99. The third kappa shape index (κ3) is 4.04. The summed E-state index contributed by atoms with van der Waals surface area (Å²) in [7, 11) is 0. The number of carbonyl (C=O) groups excluding carboxylic acids is 2. The molecule has 1 aromatic heterocycles. The molecule has 0 aliphatic carbocycles. The van der Waals surface area contributed by atoms with Gasteiger partial charge < -0.3 is 11.1 Å². The van der Waals surface area contributed by atoms with Gasteiger partial charge in [-0.25, -0.2) is 0 Å². The molecule has 0 saturated heterocycles. The zero-order valence-corrected chi connectivity index (χ0v) is 13.6. The molecular formula is C14H11BrN4O5. The molecule has 9 nitrogen and oxygen atoms in total. The van der Waals surface area contributed by atoms with Crippen LogP contribution in [0.15, 0.2) is 45.8 Å². The van der Waals surface area contributed by atoms with Crippen molar-refractivity contribution in [3.63, 3.8) is 0 Å².